The van der Waals surface area contributed by atoms with E-state index < -0.39 is 0 Å². The molecular weight excluding hydrogens is 378 g/mol. The number of carbonyl (C=O) groups excluding carboxylic acids is 2. The predicted molar refractivity (Wildman–Crippen MR) is 114 cm³/mol. The van der Waals surface area contributed by atoms with Crippen LogP contribution in [0.2, 0.25) is 0 Å². The summed E-state index contributed by atoms with van der Waals surface area (Å²) in [5, 5.41) is 0.969. The molecule has 2 amide bonds. The molecule has 3 aromatic rings. The summed E-state index contributed by atoms with van der Waals surface area (Å²) in [7, 11) is 3.41. The second-order valence-electron chi connectivity index (χ2n) is 7.97. The number of pyridine rings is 1. The molecule has 1 aliphatic rings. The summed E-state index contributed by atoms with van der Waals surface area (Å²) in [5.74, 6) is 0.181. The molecule has 0 aliphatic carbocycles. The van der Waals surface area contributed by atoms with E-state index in [4.69, 9.17) is 0 Å². The maximum atomic E-state index is 13.1. The van der Waals surface area contributed by atoms with Gasteiger partial charge >= 0.3 is 0 Å². The maximum absolute atomic E-state index is 13.1. The van der Waals surface area contributed by atoms with Gasteiger partial charge in [-0.05, 0) is 43.4 Å². The number of hydrogen-bond acceptors (Lipinski definition) is 5. The first-order valence-corrected chi connectivity index (χ1v) is 10.2. The van der Waals surface area contributed by atoms with Crippen LogP contribution in [0.5, 0.6) is 0 Å². The lowest BCUT2D eigenvalue weighted by molar-refractivity contribution is 0.0672. The Morgan fingerprint density at radius 3 is 2.80 bits per heavy atom. The van der Waals surface area contributed by atoms with Gasteiger partial charge in [0, 0.05) is 44.5 Å². The Morgan fingerprint density at radius 2 is 1.97 bits per heavy atom. The van der Waals surface area contributed by atoms with Crippen molar-refractivity contribution in [3.05, 3.63) is 65.9 Å². The second kappa shape index (κ2) is 8.57. The number of para-hydroxylation sites is 1. The van der Waals surface area contributed by atoms with E-state index in [-0.39, 0.29) is 11.8 Å². The van der Waals surface area contributed by atoms with E-state index in [1.54, 1.807) is 26.4 Å². The Kier molecular flexibility index (Phi) is 5.70. The summed E-state index contributed by atoms with van der Waals surface area (Å²) >= 11 is 0. The van der Waals surface area contributed by atoms with E-state index in [2.05, 4.69) is 15.0 Å². The molecule has 0 saturated carbocycles. The van der Waals surface area contributed by atoms with E-state index in [1.807, 2.05) is 35.2 Å². The molecular formula is C23H25N5O2. The van der Waals surface area contributed by atoms with Gasteiger partial charge in [0.05, 0.1) is 11.1 Å². The highest BCUT2D eigenvalue weighted by Gasteiger charge is 2.25. The number of nitrogens with zero attached hydrogens (tertiary/aromatic N) is 5. The molecule has 0 spiro atoms. The number of benzene rings is 1. The monoisotopic (exact) mass is 403 g/mol. The van der Waals surface area contributed by atoms with Gasteiger partial charge in [-0.25, -0.2) is 9.97 Å². The molecule has 1 saturated heterocycles. The molecule has 3 heterocycles. The minimum atomic E-state index is -0.136. The lowest BCUT2D eigenvalue weighted by Gasteiger charge is -2.32. The lowest BCUT2D eigenvalue weighted by atomic mass is 9.92. The van der Waals surface area contributed by atoms with E-state index in [9.17, 15) is 9.59 Å². The fourth-order valence-electron chi connectivity index (χ4n) is 3.94. The smallest absolute Gasteiger partial charge is 0.272 e. The van der Waals surface area contributed by atoms with E-state index >= 15 is 0 Å². The minimum absolute atomic E-state index is 0.0177. The zero-order valence-electron chi connectivity index (χ0n) is 17.3. The SMILES string of the molecule is CN(C)C(=O)c1cc(C[C@@H]2CCCN(C(=O)c3cnc4ccccc4c3)C2)ncn1. The fraction of sp³-hybridized carbons (Fsp3) is 0.348. The first-order valence-electron chi connectivity index (χ1n) is 10.2. The van der Waals surface area contributed by atoms with Gasteiger partial charge in [-0.15, -0.1) is 0 Å². The van der Waals surface area contributed by atoms with Gasteiger partial charge in [-0.1, -0.05) is 18.2 Å². The molecule has 1 aromatic carbocycles. The quantitative estimate of drug-likeness (QED) is 0.669. The van der Waals surface area contributed by atoms with Crippen molar-refractivity contribution in [3.63, 3.8) is 0 Å². The molecule has 154 valence electrons. The topological polar surface area (TPSA) is 79.3 Å². The number of fused-ring (bicyclic) bond motifs is 1. The van der Waals surface area contributed by atoms with Crippen LogP contribution in [0.25, 0.3) is 10.9 Å². The van der Waals surface area contributed by atoms with Gasteiger partial charge in [0.1, 0.15) is 12.0 Å². The average Bonchev–Trinajstić information content (AvgIpc) is 2.78. The van der Waals surface area contributed by atoms with Gasteiger partial charge in [-0.2, -0.15) is 0 Å². The van der Waals surface area contributed by atoms with Gasteiger partial charge in [0.2, 0.25) is 0 Å². The fourth-order valence-corrected chi connectivity index (χ4v) is 3.94. The Balaban J connectivity index is 1.46. The summed E-state index contributed by atoms with van der Waals surface area (Å²) < 4.78 is 0. The van der Waals surface area contributed by atoms with Crippen LogP contribution >= 0.6 is 0 Å². The van der Waals surface area contributed by atoms with Crippen molar-refractivity contribution in [2.24, 2.45) is 5.92 Å². The van der Waals surface area contributed by atoms with Crippen molar-refractivity contribution in [1.29, 1.82) is 0 Å². The Labute approximate surface area is 175 Å². The highest BCUT2D eigenvalue weighted by Crippen LogP contribution is 2.23. The standard InChI is InChI=1S/C23H25N5O2/c1-27(2)23(30)21-12-19(25-15-26-21)10-16-6-5-9-28(14-16)22(29)18-11-17-7-3-4-8-20(17)24-13-18/h3-4,7-8,11-13,15-16H,5-6,9-10,14H2,1-2H3/t16-/m0/s1. The normalized spacial score (nSPS) is 16.5. The Morgan fingerprint density at radius 1 is 1.13 bits per heavy atom. The Bertz CT molecular complexity index is 1080. The first kappa shape index (κ1) is 19.9. The molecule has 1 fully saturated rings. The molecule has 2 aromatic heterocycles. The van der Waals surface area contributed by atoms with Crippen LogP contribution in [-0.4, -0.2) is 63.8 Å². The van der Waals surface area contributed by atoms with Crippen molar-refractivity contribution < 1.29 is 9.59 Å². The van der Waals surface area contributed by atoms with Gasteiger partial charge in [0.15, 0.2) is 0 Å². The average molecular weight is 403 g/mol. The summed E-state index contributed by atoms with van der Waals surface area (Å²) in [6.45, 7) is 1.42. The third-order valence-corrected chi connectivity index (χ3v) is 5.49. The van der Waals surface area contributed by atoms with Crippen molar-refractivity contribution in [2.75, 3.05) is 27.2 Å². The molecule has 1 aliphatic heterocycles. The molecule has 30 heavy (non-hydrogen) atoms. The number of carbonyl (C=O) groups is 2. The minimum Gasteiger partial charge on any atom is -0.343 e. The number of hydrogen-bond donors (Lipinski definition) is 0. The van der Waals surface area contributed by atoms with Crippen molar-refractivity contribution in [3.8, 4) is 0 Å². The summed E-state index contributed by atoms with van der Waals surface area (Å²) in [6.07, 6.45) is 5.80. The van der Waals surface area contributed by atoms with E-state index in [0.717, 1.165) is 42.4 Å². The van der Waals surface area contributed by atoms with E-state index in [1.165, 1.54) is 11.2 Å². The van der Waals surface area contributed by atoms with Crippen molar-refractivity contribution in [1.82, 2.24) is 24.8 Å². The van der Waals surface area contributed by atoms with Crippen LogP contribution in [0.1, 0.15) is 39.4 Å². The number of aromatic nitrogens is 3. The van der Waals surface area contributed by atoms with Gasteiger partial charge < -0.3 is 9.80 Å². The maximum Gasteiger partial charge on any atom is 0.272 e. The molecule has 0 bridgehead atoms. The number of amides is 2. The highest BCUT2D eigenvalue weighted by atomic mass is 16.2. The zero-order valence-corrected chi connectivity index (χ0v) is 17.3. The molecule has 4 rings (SSSR count). The molecule has 7 heteroatoms. The number of piperidine rings is 1. The van der Waals surface area contributed by atoms with E-state index in [0.29, 0.717) is 23.7 Å². The van der Waals surface area contributed by atoms with Crippen LogP contribution in [0.4, 0.5) is 0 Å². The zero-order chi connectivity index (χ0) is 21.1. The third kappa shape index (κ3) is 4.30. The summed E-state index contributed by atoms with van der Waals surface area (Å²) in [6, 6.07) is 11.5. The van der Waals surface area contributed by atoms with Crippen molar-refractivity contribution >= 4 is 22.7 Å². The van der Waals surface area contributed by atoms with Gasteiger partial charge in [-0.3, -0.25) is 14.6 Å². The molecule has 0 radical (unpaired) electrons. The van der Waals surface area contributed by atoms with Crippen LogP contribution in [0.15, 0.2) is 48.9 Å². The van der Waals surface area contributed by atoms with Crippen LogP contribution in [0, 0.1) is 5.92 Å². The summed E-state index contributed by atoms with van der Waals surface area (Å²) in [5.41, 5.74) is 2.74. The molecule has 1 atom stereocenters. The molecule has 0 N–H and O–H groups in total. The molecule has 0 unspecified atom stereocenters. The Hall–Kier alpha value is -3.35. The van der Waals surface area contributed by atoms with Crippen molar-refractivity contribution in [2.45, 2.75) is 19.3 Å². The lowest BCUT2D eigenvalue weighted by Crippen LogP contribution is -2.40. The largest absolute Gasteiger partial charge is 0.343 e. The number of likely N-dealkylation sites (tertiary alicyclic amines) is 1. The summed E-state index contributed by atoms with van der Waals surface area (Å²) in [4.78, 5) is 41.5. The first-order chi connectivity index (χ1) is 14.5. The predicted octanol–water partition coefficient (Wildman–Crippen LogP) is 2.82. The molecule has 7 nitrogen and oxygen atoms in total. The van der Waals surface area contributed by atoms with Gasteiger partial charge in [0.25, 0.3) is 11.8 Å². The van der Waals surface area contributed by atoms with Crippen LogP contribution in [0.3, 0.4) is 0 Å². The highest BCUT2D eigenvalue weighted by molar-refractivity contribution is 5.97. The second-order valence-corrected chi connectivity index (χ2v) is 7.97. The number of rotatable bonds is 4. The van der Waals surface area contributed by atoms with Crippen LogP contribution < -0.4 is 0 Å². The van der Waals surface area contributed by atoms with Crippen LogP contribution in [-0.2, 0) is 6.42 Å². The third-order valence-electron chi connectivity index (χ3n) is 5.49.